The van der Waals surface area contributed by atoms with Gasteiger partial charge in [-0.05, 0) is 52.7 Å². The fourth-order valence-corrected chi connectivity index (χ4v) is 2.58. The van der Waals surface area contributed by atoms with E-state index in [1.54, 1.807) is 0 Å². The molecule has 0 aliphatic carbocycles. The van der Waals surface area contributed by atoms with Crippen molar-refractivity contribution in [1.82, 2.24) is 0 Å². The van der Waals surface area contributed by atoms with Gasteiger partial charge in [-0.25, -0.2) is 0 Å². The Morgan fingerprint density at radius 2 is 1.65 bits per heavy atom. The van der Waals surface area contributed by atoms with Gasteiger partial charge in [0.1, 0.15) is 0 Å². The molecule has 0 saturated carbocycles. The smallest absolute Gasteiger partial charge is 0.423 e. The van der Waals surface area contributed by atoms with Crippen LogP contribution in [0.25, 0.3) is 11.1 Å². The van der Waals surface area contributed by atoms with E-state index in [2.05, 4.69) is 6.92 Å². The summed E-state index contributed by atoms with van der Waals surface area (Å²) in [6.45, 7) is 4.11. The maximum absolute atomic E-state index is 9.73. The van der Waals surface area contributed by atoms with Gasteiger partial charge in [-0.3, -0.25) is 0 Å². The summed E-state index contributed by atoms with van der Waals surface area (Å²) >= 11 is 5.92. The van der Waals surface area contributed by atoms with E-state index in [1.807, 2.05) is 43.3 Å². The first kappa shape index (κ1) is 15.1. The number of aryl methyl sites for hydroxylation is 2. The number of benzene rings is 2. The summed E-state index contributed by atoms with van der Waals surface area (Å²) in [5, 5.41) is 20.1. The lowest BCUT2D eigenvalue weighted by Crippen LogP contribution is -2.35. The van der Waals surface area contributed by atoms with Crippen LogP contribution in [0.15, 0.2) is 36.4 Å². The topological polar surface area (TPSA) is 40.5 Å². The minimum absolute atomic E-state index is 0.590. The minimum atomic E-state index is -1.47. The van der Waals surface area contributed by atoms with Gasteiger partial charge in [0.2, 0.25) is 0 Å². The Kier molecular flexibility index (Phi) is 4.87. The summed E-state index contributed by atoms with van der Waals surface area (Å²) in [6, 6.07) is 11.5. The molecule has 0 unspecified atom stereocenters. The number of hydrogen-bond donors (Lipinski definition) is 2. The summed E-state index contributed by atoms with van der Waals surface area (Å²) < 4.78 is 0. The van der Waals surface area contributed by atoms with Crippen molar-refractivity contribution in [2.75, 3.05) is 0 Å². The fraction of sp³-hybridized carbons (Fsp3) is 0.250. The van der Waals surface area contributed by atoms with Crippen LogP contribution in [0.3, 0.4) is 0 Å². The molecule has 2 aromatic rings. The van der Waals surface area contributed by atoms with Crippen LogP contribution in [0, 0.1) is 0 Å². The Bertz CT molecular complexity index is 594. The zero-order valence-electron chi connectivity index (χ0n) is 11.7. The van der Waals surface area contributed by atoms with Crippen molar-refractivity contribution in [3.05, 3.63) is 52.5 Å². The highest BCUT2D eigenvalue weighted by Crippen LogP contribution is 2.23. The van der Waals surface area contributed by atoms with Crippen molar-refractivity contribution in [1.29, 1.82) is 0 Å². The van der Waals surface area contributed by atoms with Crippen molar-refractivity contribution in [2.24, 2.45) is 0 Å². The highest BCUT2D eigenvalue weighted by molar-refractivity contribution is 6.61. The molecule has 0 heterocycles. The van der Waals surface area contributed by atoms with E-state index in [-0.39, 0.29) is 0 Å². The van der Waals surface area contributed by atoms with E-state index in [0.29, 0.717) is 10.5 Å². The molecule has 2 rings (SSSR count). The summed E-state index contributed by atoms with van der Waals surface area (Å²) in [5.41, 5.74) is 4.57. The van der Waals surface area contributed by atoms with E-state index >= 15 is 0 Å². The van der Waals surface area contributed by atoms with Crippen LogP contribution < -0.4 is 5.46 Å². The molecule has 0 fully saturated rings. The molecule has 2 aromatic carbocycles. The second-order valence-electron chi connectivity index (χ2n) is 4.80. The summed E-state index contributed by atoms with van der Waals surface area (Å²) in [5.74, 6) is 0. The maximum Gasteiger partial charge on any atom is 0.489 e. The lowest BCUT2D eigenvalue weighted by molar-refractivity contribution is 0.425. The van der Waals surface area contributed by atoms with Crippen molar-refractivity contribution in [3.63, 3.8) is 0 Å². The fourth-order valence-electron chi connectivity index (χ4n) is 2.45. The first-order valence-corrected chi connectivity index (χ1v) is 7.22. The molecule has 20 heavy (non-hydrogen) atoms. The minimum Gasteiger partial charge on any atom is -0.423 e. The van der Waals surface area contributed by atoms with Gasteiger partial charge in [0.25, 0.3) is 0 Å². The highest BCUT2D eigenvalue weighted by atomic mass is 35.5. The molecule has 0 amide bonds. The highest BCUT2D eigenvalue weighted by Gasteiger charge is 2.21. The van der Waals surface area contributed by atoms with Gasteiger partial charge in [0.05, 0.1) is 0 Å². The Hall–Kier alpha value is -1.29. The average molecular weight is 289 g/mol. The van der Waals surface area contributed by atoms with Crippen molar-refractivity contribution >= 4 is 24.2 Å². The van der Waals surface area contributed by atoms with Crippen LogP contribution in [-0.2, 0) is 12.8 Å². The molecule has 2 nitrogen and oxygen atoms in total. The lowest BCUT2D eigenvalue weighted by Gasteiger charge is -2.16. The molecule has 0 saturated heterocycles. The van der Waals surface area contributed by atoms with Crippen molar-refractivity contribution in [2.45, 2.75) is 26.7 Å². The zero-order valence-corrected chi connectivity index (χ0v) is 12.5. The van der Waals surface area contributed by atoms with Gasteiger partial charge in [0.15, 0.2) is 0 Å². The number of rotatable bonds is 4. The van der Waals surface area contributed by atoms with E-state index in [4.69, 9.17) is 11.6 Å². The van der Waals surface area contributed by atoms with E-state index in [1.165, 1.54) is 5.56 Å². The standard InChI is InChI=1S/C16H18BClO2/c1-3-11-9-12(4-2)16(17(19)20)15(10-11)13-5-7-14(18)8-6-13/h5-10,19-20H,3-4H2,1-2H3. The monoisotopic (exact) mass is 288 g/mol. The molecule has 4 heteroatoms. The SMILES string of the molecule is CCc1cc(CC)c(B(O)O)c(-c2ccc(Cl)cc2)c1. The van der Waals surface area contributed by atoms with Crippen molar-refractivity contribution in [3.8, 4) is 11.1 Å². The molecule has 0 aromatic heterocycles. The molecule has 2 N–H and O–H groups in total. The Balaban J connectivity index is 2.68. The summed E-state index contributed by atoms with van der Waals surface area (Å²) in [7, 11) is -1.47. The molecule has 0 radical (unpaired) electrons. The second-order valence-corrected chi connectivity index (χ2v) is 5.24. The van der Waals surface area contributed by atoms with Gasteiger partial charge >= 0.3 is 7.12 Å². The first-order valence-electron chi connectivity index (χ1n) is 6.84. The number of hydrogen-bond acceptors (Lipinski definition) is 2. The zero-order chi connectivity index (χ0) is 14.7. The molecule has 0 spiro atoms. The predicted octanol–water partition coefficient (Wildman–Crippen LogP) is 2.81. The summed E-state index contributed by atoms with van der Waals surface area (Å²) in [6.07, 6.45) is 1.68. The normalized spacial score (nSPS) is 10.7. The van der Waals surface area contributed by atoms with Crippen LogP contribution in [0.4, 0.5) is 0 Å². The first-order chi connectivity index (χ1) is 9.56. The quantitative estimate of drug-likeness (QED) is 0.849. The third-order valence-corrected chi connectivity index (χ3v) is 3.78. The lowest BCUT2D eigenvalue weighted by atomic mass is 9.71. The maximum atomic E-state index is 9.73. The van der Waals surface area contributed by atoms with E-state index in [9.17, 15) is 10.0 Å². The van der Waals surface area contributed by atoms with Gasteiger partial charge < -0.3 is 10.0 Å². The Labute approximate surface area is 125 Å². The van der Waals surface area contributed by atoms with E-state index in [0.717, 1.165) is 29.5 Å². The Morgan fingerprint density at radius 1 is 1.00 bits per heavy atom. The molecule has 0 bridgehead atoms. The molecule has 0 aliphatic heterocycles. The van der Waals surface area contributed by atoms with E-state index < -0.39 is 7.12 Å². The molecule has 0 atom stereocenters. The molecule has 104 valence electrons. The van der Waals surface area contributed by atoms with Crippen LogP contribution >= 0.6 is 11.6 Å². The molecular formula is C16H18BClO2. The van der Waals surface area contributed by atoms with Gasteiger partial charge in [-0.2, -0.15) is 0 Å². The van der Waals surface area contributed by atoms with Crippen LogP contribution in [0.1, 0.15) is 25.0 Å². The van der Waals surface area contributed by atoms with Crippen LogP contribution in [-0.4, -0.2) is 17.2 Å². The van der Waals surface area contributed by atoms with Crippen LogP contribution in [0.2, 0.25) is 5.02 Å². The third-order valence-electron chi connectivity index (χ3n) is 3.53. The number of halogens is 1. The van der Waals surface area contributed by atoms with Crippen molar-refractivity contribution < 1.29 is 10.0 Å². The van der Waals surface area contributed by atoms with Gasteiger partial charge in [-0.15, -0.1) is 0 Å². The second kappa shape index (κ2) is 6.44. The van der Waals surface area contributed by atoms with Gasteiger partial charge in [-0.1, -0.05) is 49.7 Å². The predicted molar refractivity (Wildman–Crippen MR) is 85.5 cm³/mol. The summed E-state index contributed by atoms with van der Waals surface area (Å²) in [4.78, 5) is 0. The largest absolute Gasteiger partial charge is 0.489 e. The average Bonchev–Trinajstić information content (AvgIpc) is 2.46. The van der Waals surface area contributed by atoms with Crippen LogP contribution in [0.5, 0.6) is 0 Å². The molecule has 0 aliphatic rings. The molecular weight excluding hydrogens is 270 g/mol. The third kappa shape index (κ3) is 3.06. The van der Waals surface area contributed by atoms with Gasteiger partial charge in [0, 0.05) is 5.02 Å². The Morgan fingerprint density at radius 3 is 2.15 bits per heavy atom.